The third-order valence-corrected chi connectivity index (χ3v) is 8.01. The van der Waals surface area contributed by atoms with E-state index >= 15 is 0 Å². The lowest BCUT2D eigenvalue weighted by atomic mass is 10.1. The highest BCUT2D eigenvalue weighted by Gasteiger charge is 2.33. The van der Waals surface area contributed by atoms with E-state index in [4.69, 9.17) is 16.3 Å². The van der Waals surface area contributed by atoms with Gasteiger partial charge in [-0.15, -0.1) is 0 Å². The van der Waals surface area contributed by atoms with Crippen molar-refractivity contribution in [1.29, 1.82) is 0 Å². The summed E-state index contributed by atoms with van der Waals surface area (Å²) in [6.45, 7) is 3.17. The minimum atomic E-state index is -4.27. The molecule has 8 nitrogen and oxygen atoms in total. The van der Waals surface area contributed by atoms with Crippen LogP contribution in [-0.4, -0.2) is 51.4 Å². The second-order valence-electron chi connectivity index (χ2n) is 8.76. The third-order valence-electron chi connectivity index (χ3n) is 6.00. The Bertz CT molecular complexity index is 1390. The molecule has 0 aromatic heterocycles. The van der Waals surface area contributed by atoms with Crippen LogP contribution in [0.15, 0.2) is 77.7 Å². The molecule has 0 spiro atoms. The molecule has 1 N–H and O–H groups in total. The van der Waals surface area contributed by atoms with E-state index in [0.29, 0.717) is 18.5 Å². The van der Waals surface area contributed by atoms with Gasteiger partial charge in [0.2, 0.25) is 11.8 Å². The summed E-state index contributed by atoms with van der Waals surface area (Å²) < 4.78 is 47.5. The predicted molar refractivity (Wildman–Crippen MR) is 149 cm³/mol. The van der Waals surface area contributed by atoms with Crippen LogP contribution >= 0.6 is 11.6 Å². The topological polar surface area (TPSA) is 96.0 Å². The van der Waals surface area contributed by atoms with Gasteiger partial charge in [-0.25, -0.2) is 12.8 Å². The zero-order valence-electron chi connectivity index (χ0n) is 21.9. The van der Waals surface area contributed by atoms with Crippen molar-refractivity contribution in [3.63, 3.8) is 0 Å². The summed E-state index contributed by atoms with van der Waals surface area (Å²) in [6, 6.07) is 16.7. The van der Waals surface area contributed by atoms with E-state index in [1.165, 1.54) is 60.5 Å². The third kappa shape index (κ3) is 7.48. The molecule has 0 bridgehead atoms. The van der Waals surface area contributed by atoms with Gasteiger partial charge in [-0.3, -0.25) is 13.9 Å². The Labute approximate surface area is 233 Å². The van der Waals surface area contributed by atoms with Gasteiger partial charge in [0.25, 0.3) is 10.0 Å². The number of halogens is 2. The molecule has 11 heteroatoms. The van der Waals surface area contributed by atoms with Gasteiger partial charge in [-0.2, -0.15) is 0 Å². The number of ether oxygens (including phenoxy) is 1. The highest BCUT2D eigenvalue weighted by atomic mass is 35.5. The number of methoxy groups -OCH3 is 1. The van der Waals surface area contributed by atoms with Gasteiger partial charge >= 0.3 is 0 Å². The highest BCUT2D eigenvalue weighted by molar-refractivity contribution is 7.92. The average molecular weight is 576 g/mol. The Morgan fingerprint density at radius 3 is 2.33 bits per heavy atom. The van der Waals surface area contributed by atoms with E-state index in [-0.39, 0.29) is 27.9 Å². The largest absolute Gasteiger partial charge is 0.495 e. The van der Waals surface area contributed by atoms with Crippen LogP contribution in [0.5, 0.6) is 5.75 Å². The van der Waals surface area contributed by atoms with Crippen LogP contribution in [0.4, 0.5) is 10.1 Å². The Hall–Kier alpha value is -3.63. The first kappa shape index (κ1) is 29.9. The molecule has 0 saturated heterocycles. The zero-order chi connectivity index (χ0) is 28.6. The highest BCUT2D eigenvalue weighted by Crippen LogP contribution is 2.35. The number of hydrogen-bond acceptors (Lipinski definition) is 5. The lowest BCUT2D eigenvalue weighted by molar-refractivity contribution is -0.139. The summed E-state index contributed by atoms with van der Waals surface area (Å²) >= 11 is 6.22. The van der Waals surface area contributed by atoms with Crippen LogP contribution in [0.1, 0.15) is 25.8 Å². The van der Waals surface area contributed by atoms with Gasteiger partial charge in [-0.05, 0) is 61.4 Å². The molecule has 0 saturated carbocycles. The van der Waals surface area contributed by atoms with Gasteiger partial charge in [0, 0.05) is 18.1 Å². The van der Waals surface area contributed by atoms with Crippen LogP contribution in [0.25, 0.3) is 0 Å². The fourth-order valence-electron chi connectivity index (χ4n) is 3.86. The second-order valence-corrected chi connectivity index (χ2v) is 11.1. The maximum Gasteiger partial charge on any atom is 0.264 e. The molecular formula is C28H31ClFN3O5S. The summed E-state index contributed by atoms with van der Waals surface area (Å²) in [5, 5.41) is 3.00. The molecule has 1 atom stereocenters. The van der Waals surface area contributed by atoms with Gasteiger partial charge in [-0.1, -0.05) is 48.9 Å². The van der Waals surface area contributed by atoms with Crippen molar-refractivity contribution in [1.82, 2.24) is 10.2 Å². The SMILES string of the molecule is CCCNC(=O)[C@@H](C)N(Cc1ccc(F)cc1)C(=O)CN(c1cc(Cl)ccc1OC)S(=O)(=O)c1ccccc1. The second kappa shape index (κ2) is 13.4. The van der Waals surface area contributed by atoms with Crippen LogP contribution in [-0.2, 0) is 26.2 Å². The minimum Gasteiger partial charge on any atom is -0.495 e. The Morgan fingerprint density at radius 1 is 1.05 bits per heavy atom. The van der Waals surface area contributed by atoms with Crippen molar-refractivity contribution in [3.8, 4) is 5.75 Å². The molecule has 0 radical (unpaired) electrons. The van der Waals surface area contributed by atoms with Gasteiger partial charge in [0.05, 0.1) is 17.7 Å². The Kier molecular flexibility index (Phi) is 10.3. The van der Waals surface area contributed by atoms with Crippen molar-refractivity contribution in [2.24, 2.45) is 0 Å². The fourth-order valence-corrected chi connectivity index (χ4v) is 5.46. The number of rotatable bonds is 12. The molecule has 0 fully saturated rings. The monoisotopic (exact) mass is 575 g/mol. The van der Waals surface area contributed by atoms with Gasteiger partial charge in [0.1, 0.15) is 24.2 Å². The zero-order valence-corrected chi connectivity index (χ0v) is 23.5. The van der Waals surface area contributed by atoms with E-state index in [1.54, 1.807) is 31.2 Å². The normalized spacial score (nSPS) is 11.9. The number of amides is 2. The molecule has 0 heterocycles. The average Bonchev–Trinajstić information content (AvgIpc) is 2.94. The summed E-state index contributed by atoms with van der Waals surface area (Å²) in [7, 11) is -2.90. The Morgan fingerprint density at radius 2 is 1.72 bits per heavy atom. The molecule has 0 unspecified atom stereocenters. The van der Waals surface area contributed by atoms with Crippen molar-refractivity contribution in [2.75, 3.05) is 24.5 Å². The molecule has 0 aliphatic carbocycles. The van der Waals surface area contributed by atoms with E-state index in [1.807, 2.05) is 6.92 Å². The number of hydrogen-bond donors (Lipinski definition) is 1. The number of benzene rings is 3. The molecule has 3 rings (SSSR count). The molecule has 208 valence electrons. The van der Waals surface area contributed by atoms with Crippen LogP contribution in [0, 0.1) is 5.82 Å². The number of nitrogens with zero attached hydrogens (tertiary/aromatic N) is 2. The van der Waals surface area contributed by atoms with Crippen LogP contribution < -0.4 is 14.4 Å². The van der Waals surface area contributed by atoms with Crippen molar-refractivity contribution in [3.05, 3.63) is 89.2 Å². The smallest absolute Gasteiger partial charge is 0.264 e. The molecule has 3 aromatic rings. The molecular weight excluding hydrogens is 545 g/mol. The van der Waals surface area contributed by atoms with Crippen LogP contribution in [0.2, 0.25) is 5.02 Å². The number of nitrogens with one attached hydrogen (secondary N) is 1. The number of sulfonamides is 1. The minimum absolute atomic E-state index is 0.0429. The molecule has 2 amide bonds. The quantitative estimate of drug-likeness (QED) is 0.340. The van der Waals surface area contributed by atoms with Crippen molar-refractivity contribution >= 4 is 39.1 Å². The lowest BCUT2D eigenvalue weighted by Crippen LogP contribution is -2.51. The number of carbonyl (C=O) groups excluding carboxylic acids is 2. The van der Waals surface area contributed by atoms with Crippen LogP contribution in [0.3, 0.4) is 0 Å². The predicted octanol–water partition coefficient (Wildman–Crippen LogP) is 4.63. The van der Waals surface area contributed by atoms with Crippen molar-refractivity contribution in [2.45, 2.75) is 37.8 Å². The summed E-state index contributed by atoms with van der Waals surface area (Å²) in [5.41, 5.74) is 0.629. The molecule has 3 aromatic carbocycles. The first-order valence-electron chi connectivity index (χ1n) is 12.3. The van der Waals surface area contributed by atoms with Gasteiger partial charge < -0.3 is 15.0 Å². The number of anilines is 1. The van der Waals surface area contributed by atoms with E-state index < -0.39 is 40.2 Å². The summed E-state index contributed by atoms with van der Waals surface area (Å²) in [6.07, 6.45) is 0.696. The first-order chi connectivity index (χ1) is 18.6. The maximum atomic E-state index is 13.9. The lowest BCUT2D eigenvalue weighted by Gasteiger charge is -2.32. The summed E-state index contributed by atoms with van der Waals surface area (Å²) in [4.78, 5) is 28.0. The fraction of sp³-hybridized carbons (Fsp3) is 0.286. The van der Waals surface area contributed by atoms with Gasteiger partial charge in [0.15, 0.2) is 0 Å². The Balaban J connectivity index is 2.07. The number of carbonyl (C=O) groups is 2. The molecule has 0 aliphatic heterocycles. The van der Waals surface area contributed by atoms with E-state index in [2.05, 4.69) is 5.32 Å². The van der Waals surface area contributed by atoms with E-state index in [9.17, 15) is 22.4 Å². The maximum absolute atomic E-state index is 13.9. The van der Waals surface area contributed by atoms with E-state index in [0.717, 1.165) is 4.31 Å². The standard InChI is InChI=1S/C28H31ClFN3O5S/c1-4-16-31-28(35)20(2)32(18-21-10-13-23(30)14-11-21)27(34)19-33(25-17-22(29)12-15-26(25)38-3)39(36,37)24-8-6-5-7-9-24/h5-15,17,20H,4,16,18-19H2,1-3H3,(H,31,35)/t20-/m1/s1. The molecule has 39 heavy (non-hydrogen) atoms. The molecule has 0 aliphatic rings. The van der Waals surface area contributed by atoms with Crippen molar-refractivity contribution < 1.29 is 27.1 Å². The first-order valence-corrected chi connectivity index (χ1v) is 14.1. The summed E-state index contributed by atoms with van der Waals surface area (Å²) in [5.74, 6) is -1.31.